The number of benzene rings is 1. The van der Waals surface area contributed by atoms with Gasteiger partial charge < -0.3 is 5.73 Å². The first kappa shape index (κ1) is 11.6. The fourth-order valence-electron chi connectivity index (χ4n) is 2.25. The van der Waals surface area contributed by atoms with Crippen molar-refractivity contribution in [1.82, 2.24) is 4.90 Å². The molecule has 0 heterocycles. The van der Waals surface area contributed by atoms with Crippen LogP contribution in [0.5, 0.6) is 0 Å². The zero-order valence-corrected chi connectivity index (χ0v) is 9.70. The Bertz CT molecular complexity index is 350. The van der Waals surface area contributed by atoms with Crippen LogP contribution in [0.3, 0.4) is 0 Å². The molecule has 1 unspecified atom stereocenters. The van der Waals surface area contributed by atoms with Gasteiger partial charge in [-0.3, -0.25) is 4.90 Å². The van der Waals surface area contributed by atoms with Gasteiger partial charge in [0.15, 0.2) is 0 Å². The quantitative estimate of drug-likeness (QED) is 0.825. The lowest BCUT2D eigenvalue weighted by Gasteiger charge is -2.26. The normalized spacial score (nSPS) is 17.8. The summed E-state index contributed by atoms with van der Waals surface area (Å²) in [6.45, 7) is 1.46. The van der Waals surface area contributed by atoms with Crippen molar-refractivity contribution in [3.05, 3.63) is 35.6 Å². The first-order chi connectivity index (χ1) is 7.70. The van der Waals surface area contributed by atoms with Crippen LogP contribution in [0.4, 0.5) is 4.39 Å². The fourth-order valence-corrected chi connectivity index (χ4v) is 2.25. The summed E-state index contributed by atoms with van der Waals surface area (Å²) in [6, 6.07) is 7.23. The summed E-state index contributed by atoms with van der Waals surface area (Å²) in [6.07, 6.45) is 2.57. The second-order valence-electron chi connectivity index (χ2n) is 4.69. The van der Waals surface area contributed by atoms with Crippen molar-refractivity contribution in [3.63, 3.8) is 0 Å². The van der Waals surface area contributed by atoms with E-state index in [1.54, 1.807) is 12.1 Å². The molecule has 1 aromatic carbocycles. The predicted octanol–water partition coefficient (Wildman–Crippen LogP) is 1.99. The molecule has 0 bridgehead atoms. The molecule has 2 N–H and O–H groups in total. The van der Waals surface area contributed by atoms with Crippen molar-refractivity contribution in [2.24, 2.45) is 11.7 Å². The lowest BCUT2D eigenvalue weighted by molar-refractivity contribution is 0.215. The Hall–Kier alpha value is -0.930. The number of likely N-dealkylation sites (N-methyl/N-ethyl adjacent to an activating group) is 1. The van der Waals surface area contributed by atoms with Gasteiger partial charge in [-0.25, -0.2) is 4.39 Å². The van der Waals surface area contributed by atoms with Crippen LogP contribution in [0.25, 0.3) is 0 Å². The summed E-state index contributed by atoms with van der Waals surface area (Å²) in [5, 5.41) is 0. The molecule has 1 saturated carbocycles. The molecule has 0 radical (unpaired) electrons. The number of halogens is 1. The monoisotopic (exact) mass is 222 g/mol. The lowest BCUT2D eigenvalue weighted by Crippen LogP contribution is -2.39. The lowest BCUT2D eigenvalue weighted by atomic mass is 10.1. The van der Waals surface area contributed by atoms with Gasteiger partial charge in [0.05, 0.1) is 0 Å². The third kappa shape index (κ3) is 2.80. The van der Waals surface area contributed by atoms with E-state index in [0.29, 0.717) is 12.6 Å². The highest BCUT2D eigenvalue weighted by Crippen LogP contribution is 2.34. The molecule has 1 atom stereocenters. The Morgan fingerprint density at radius 1 is 1.50 bits per heavy atom. The minimum absolute atomic E-state index is 0.165. The first-order valence-corrected chi connectivity index (χ1v) is 5.85. The number of nitrogens with zero attached hydrogens (tertiary/aromatic N) is 1. The molecule has 1 aliphatic carbocycles. The van der Waals surface area contributed by atoms with Crippen molar-refractivity contribution in [3.8, 4) is 0 Å². The van der Waals surface area contributed by atoms with Crippen LogP contribution in [0, 0.1) is 11.7 Å². The van der Waals surface area contributed by atoms with E-state index in [1.165, 1.54) is 18.9 Å². The van der Waals surface area contributed by atoms with Gasteiger partial charge >= 0.3 is 0 Å². The molecule has 0 aliphatic heterocycles. The summed E-state index contributed by atoms with van der Waals surface area (Å²) in [7, 11) is 2.07. The molecule has 1 aliphatic rings. The zero-order chi connectivity index (χ0) is 11.5. The standard InChI is InChI=1S/C13H19FN2/c1-16(13(8-15)11-5-6-11)9-10-3-2-4-12(14)7-10/h2-4,7,11,13H,5-6,8-9,15H2,1H3. The maximum Gasteiger partial charge on any atom is 0.123 e. The van der Waals surface area contributed by atoms with E-state index in [9.17, 15) is 4.39 Å². The van der Waals surface area contributed by atoms with E-state index in [4.69, 9.17) is 5.73 Å². The molecule has 0 spiro atoms. The van der Waals surface area contributed by atoms with Crippen LogP contribution in [0.2, 0.25) is 0 Å². The highest BCUT2D eigenvalue weighted by molar-refractivity contribution is 5.16. The van der Waals surface area contributed by atoms with Gasteiger partial charge in [0.25, 0.3) is 0 Å². The Kier molecular flexibility index (Phi) is 3.56. The van der Waals surface area contributed by atoms with E-state index < -0.39 is 0 Å². The average molecular weight is 222 g/mol. The summed E-state index contributed by atoms with van der Waals surface area (Å²) in [4.78, 5) is 2.24. The van der Waals surface area contributed by atoms with E-state index >= 15 is 0 Å². The van der Waals surface area contributed by atoms with E-state index in [0.717, 1.165) is 18.0 Å². The van der Waals surface area contributed by atoms with Crippen LogP contribution >= 0.6 is 0 Å². The number of nitrogens with two attached hydrogens (primary N) is 1. The maximum absolute atomic E-state index is 13.0. The molecule has 16 heavy (non-hydrogen) atoms. The molecule has 1 fully saturated rings. The molecular formula is C13H19FN2. The van der Waals surface area contributed by atoms with E-state index in [1.807, 2.05) is 6.07 Å². The largest absolute Gasteiger partial charge is 0.329 e. The van der Waals surface area contributed by atoms with Gasteiger partial charge in [0, 0.05) is 19.1 Å². The van der Waals surface area contributed by atoms with Crippen LogP contribution in [0.1, 0.15) is 18.4 Å². The predicted molar refractivity (Wildman–Crippen MR) is 63.4 cm³/mol. The zero-order valence-electron chi connectivity index (χ0n) is 9.70. The minimum Gasteiger partial charge on any atom is -0.329 e. The number of hydrogen-bond acceptors (Lipinski definition) is 2. The van der Waals surface area contributed by atoms with E-state index in [-0.39, 0.29) is 5.82 Å². The van der Waals surface area contributed by atoms with Gasteiger partial charge in [-0.15, -0.1) is 0 Å². The van der Waals surface area contributed by atoms with Crippen molar-refractivity contribution in [1.29, 1.82) is 0 Å². The topological polar surface area (TPSA) is 29.3 Å². The molecular weight excluding hydrogens is 203 g/mol. The second kappa shape index (κ2) is 4.93. The Morgan fingerprint density at radius 3 is 2.81 bits per heavy atom. The van der Waals surface area contributed by atoms with Crippen molar-refractivity contribution >= 4 is 0 Å². The Morgan fingerprint density at radius 2 is 2.25 bits per heavy atom. The Balaban J connectivity index is 1.97. The molecule has 2 nitrogen and oxygen atoms in total. The van der Waals surface area contributed by atoms with Crippen molar-refractivity contribution in [2.75, 3.05) is 13.6 Å². The summed E-state index contributed by atoms with van der Waals surface area (Å²) >= 11 is 0. The first-order valence-electron chi connectivity index (χ1n) is 5.85. The van der Waals surface area contributed by atoms with Crippen LogP contribution in [-0.2, 0) is 6.54 Å². The summed E-state index contributed by atoms with van der Waals surface area (Å²) < 4.78 is 13.0. The third-order valence-electron chi connectivity index (χ3n) is 3.29. The number of rotatable bonds is 5. The second-order valence-corrected chi connectivity index (χ2v) is 4.69. The van der Waals surface area contributed by atoms with Crippen molar-refractivity contribution < 1.29 is 4.39 Å². The SMILES string of the molecule is CN(Cc1cccc(F)c1)C(CN)C1CC1. The molecule has 0 saturated heterocycles. The van der Waals surface area contributed by atoms with Crippen LogP contribution in [0.15, 0.2) is 24.3 Å². The van der Waals surface area contributed by atoms with Gasteiger partial charge in [-0.2, -0.15) is 0 Å². The van der Waals surface area contributed by atoms with Gasteiger partial charge in [-0.05, 0) is 43.5 Å². The summed E-state index contributed by atoms with van der Waals surface area (Å²) in [5.41, 5.74) is 6.80. The molecule has 0 amide bonds. The van der Waals surface area contributed by atoms with Crippen LogP contribution in [-0.4, -0.2) is 24.5 Å². The number of hydrogen-bond donors (Lipinski definition) is 1. The van der Waals surface area contributed by atoms with Gasteiger partial charge in [0.1, 0.15) is 5.82 Å². The molecule has 2 rings (SSSR count). The molecule has 3 heteroatoms. The average Bonchev–Trinajstić information content (AvgIpc) is 3.03. The maximum atomic E-state index is 13.0. The van der Waals surface area contributed by atoms with Gasteiger partial charge in [0.2, 0.25) is 0 Å². The highest BCUT2D eigenvalue weighted by Gasteiger charge is 2.32. The van der Waals surface area contributed by atoms with Gasteiger partial charge in [-0.1, -0.05) is 12.1 Å². The molecule has 88 valence electrons. The summed E-state index contributed by atoms with van der Waals surface area (Å²) in [5.74, 6) is 0.588. The Labute approximate surface area is 96.2 Å². The molecule has 1 aromatic rings. The van der Waals surface area contributed by atoms with Crippen LogP contribution < -0.4 is 5.73 Å². The third-order valence-corrected chi connectivity index (χ3v) is 3.29. The minimum atomic E-state index is -0.165. The fraction of sp³-hybridized carbons (Fsp3) is 0.538. The van der Waals surface area contributed by atoms with Crippen molar-refractivity contribution in [2.45, 2.75) is 25.4 Å². The smallest absolute Gasteiger partial charge is 0.123 e. The molecule has 0 aromatic heterocycles. The highest BCUT2D eigenvalue weighted by atomic mass is 19.1. The van der Waals surface area contributed by atoms with E-state index in [2.05, 4.69) is 11.9 Å².